The summed E-state index contributed by atoms with van der Waals surface area (Å²) in [4.78, 5) is 67.4. The van der Waals surface area contributed by atoms with Gasteiger partial charge in [-0.25, -0.2) is 23.3 Å². The van der Waals surface area contributed by atoms with Gasteiger partial charge in [-0.15, -0.1) is 0 Å². The van der Waals surface area contributed by atoms with Crippen molar-refractivity contribution in [1.29, 1.82) is 0 Å². The number of rotatable bonds is 8. The number of amides is 3. The first kappa shape index (κ1) is 32.2. The monoisotopic (exact) mass is 694 g/mol. The van der Waals surface area contributed by atoms with Crippen LogP contribution in [-0.2, 0) is 35.7 Å². The maximum Gasteiger partial charge on any atom is 0.338 e. The van der Waals surface area contributed by atoms with Gasteiger partial charge in [0.2, 0.25) is 27.7 Å². The number of nitrogens with zero attached hydrogens (tertiary/aromatic N) is 2. The molecule has 3 aromatic carbocycles. The second kappa shape index (κ2) is 12.4. The van der Waals surface area contributed by atoms with E-state index in [1.807, 2.05) is 0 Å². The maximum absolute atomic E-state index is 14.1. The van der Waals surface area contributed by atoms with Crippen molar-refractivity contribution in [3.8, 4) is 5.75 Å². The number of primary sulfonamides is 1. The summed E-state index contributed by atoms with van der Waals surface area (Å²) in [5.74, 6) is -4.24. The van der Waals surface area contributed by atoms with Crippen LogP contribution in [0.2, 0.25) is 0 Å². The molecule has 242 valence electrons. The molecule has 0 saturated carbocycles. The number of ether oxygens (including phenoxy) is 1. The Bertz CT molecular complexity index is 2090. The highest BCUT2D eigenvalue weighted by Crippen LogP contribution is 2.55. The number of sulfonamides is 1. The van der Waals surface area contributed by atoms with Gasteiger partial charge in [0.05, 0.1) is 33.7 Å². The standard InChI is InChI=1S/C31H26N4O9S3/c1-2-44-30(40)16-7-11-18(12-8-16)35-27(38)24-23(20-5-3-4-6-21(20)36)26-29(45-25(24)28(35)39)34(31(41)46-26)15-22(37)33-17-9-13-19(14-10-17)47(32,42)43/h3-14,23-25,36H,2,15H2,1H3,(H,33,37)(H2,32,42,43)/t23-,24?,25?/m0/s1. The summed E-state index contributed by atoms with van der Waals surface area (Å²) in [6.45, 7) is 1.42. The molecule has 13 nitrogen and oxygen atoms in total. The van der Waals surface area contributed by atoms with Gasteiger partial charge in [0, 0.05) is 22.0 Å². The number of carbonyl (C=O) groups is 4. The van der Waals surface area contributed by atoms with Crippen molar-refractivity contribution in [1.82, 2.24) is 4.57 Å². The Morgan fingerprint density at radius 1 is 0.979 bits per heavy atom. The highest BCUT2D eigenvalue weighted by Gasteiger charge is 2.57. The number of hydrogen-bond acceptors (Lipinski definition) is 11. The fourth-order valence-corrected chi connectivity index (χ4v) is 8.91. The van der Waals surface area contributed by atoms with Crippen LogP contribution in [0, 0.1) is 5.92 Å². The maximum atomic E-state index is 14.1. The number of hydrogen-bond donors (Lipinski definition) is 3. The molecule has 2 unspecified atom stereocenters. The largest absolute Gasteiger partial charge is 0.508 e. The van der Waals surface area contributed by atoms with Gasteiger partial charge in [-0.2, -0.15) is 0 Å². The van der Waals surface area contributed by atoms with Gasteiger partial charge in [0.15, 0.2) is 0 Å². The number of phenols is 1. The Hall–Kier alpha value is -4.77. The highest BCUT2D eigenvalue weighted by molar-refractivity contribution is 8.00. The van der Waals surface area contributed by atoms with E-state index in [9.17, 15) is 37.5 Å². The van der Waals surface area contributed by atoms with Crippen molar-refractivity contribution in [3.05, 3.63) is 98.5 Å². The first-order valence-electron chi connectivity index (χ1n) is 14.1. The molecule has 0 aliphatic carbocycles. The average Bonchev–Trinajstić information content (AvgIpc) is 3.47. The number of nitrogens with two attached hydrogens (primary N) is 1. The van der Waals surface area contributed by atoms with Gasteiger partial charge in [-0.1, -0.05) is 41.3 Å². The molecule has 0 radical (unpaired) electrons. The molecule has 0 spiro atoms. The van der Waals surface area contributed by atoms with Crippen LogP contribution in [0.25, 0.3) is 0 Å². The number of thiazole rings is 1. The van der Waals surface area contributed by atoms with E-state index >= 15 is 0 Å². The first-order chi connectivity index (χ1) is 22.4. The van der Waals surface area contributed by atoms with Crippen molar-refractivity contribution in [2.75, 3.05) is 16.8 Å². The molecule has 6 rings (SSSR count). The number of benzene rings is 3. The Morgan fingerprint density at radius 2 is 1.66 bits per heavy atom. The number of imide groups is 1. The lowest BCUT2D eigenvalue weighted by Gasteiger charge is -2.31. The Balaban J connectivity index is 1.35. The van der Waals surface area contributed by atoms with Crippen molar-refractivity contribution >= 4 is 68.2 Å². The minimum atomic E-state index is -3.93. The number of fused-ring (bicyclic) bond motifs is 2. The molecular weight excluding hydrogens is 669 g/mol. The van der Waals surface area contributed by atoms with E-state index in [1.54, 1.807) is 25.1 Å². The molecule has 2 aliphatic heterocycles. The minimum absolute atomic E-state index is 0.125. The number of aromatic hydroxyl groups is 1. The molecule has 3 atom stereocenters. The van der Waals surface area contributed by atoms with Gasteiger partial charge < -0.3 is 15.2 Å². The Kier molecular flexibility index (Phi) is 8.52. The van der Waals surface area contributed by atoms with Crippen molar-refractivity contribution in [2.24, 2.45) is 11.1 Å². The molecule has 4 aromatic rings. The van der Waals surface area contributed by atoms with Crippen molar-refractivity contribution < 1.29 is 37.4 Å². The second-order valence-corrected chi connectivity index (χ2v) is 14.3. The zero-order valence-corrected chi connectivity index (χ0v) is 26.9. The van der Waals surface area contributed by atoms with Gasteiger partial charge in [-0.05, 0) is 61.5 Å². The fourth-order valence-electron chi connectivity index (χ4n) is 5.63. The molecule has 1 fully saturated rings. The summed E-state index contributed by atoms with van der Waals surface area (Å²) in [5, 5.41) is 17.9. The zero-order chi connectivity index (χ0) is 33.6. The number of anilines is 2. The van der Waals surface area contributed by atoms with Crippen LogP contribution in [0.5, 0.6) is 5.75 Å². The number of phenolic OH excluding ortho intramolecular Hbond substituents is 1. The smallest absolute Gasteiger partial charge is 0.338 e. The summed E-state index contributed by atoms with van der Waals surface area (Å²) in [7, 11) is -3.93. The average molecular weight is 695 g/mol. The van der Waals surface area contributed by atoms with Gasteiger partial charge in [0.25, 0.3) is 0 Å². The third-order valence-corrected chi connectivity index (χ3v) is 11.3. The van der Waals surface area contributed by atoms with Crippen molar-refractivity contribution in [3.63, 3.8) is 0 Å². The third kappa shape index (κ3) is 5.95. The van der Waals surface area contributed by atoms with Crippen LogP contribution in [0.1, 0.15) is 33.6 Å². The molecule has 47 heavy (non-hydrogen) atoms. The predicted molar refractivity (Wildman–Crippen MR) is 173 cm³/mol. The molecular formula is C31H26N4O9S3. The van der Waals surface area contributed by atoms with E-state index in [-0.39, 0.29) is 34.2 Å². The second-order valence-electron chi connectivity index (χ2n) is 10.6. The topological polar surface area (TPSA) is 195 Å². The number of carbonyl (C=O) groups excluding carboxylic acids is 4. The molecule has 4 N–H and O–H groups in total. The number of para-hydroxylation sites is 1. The third-order valence-electron chi connectivity index (χ3n) is 7.73. The lowest BCUT2D eigenvalue weighted by Crippen LogP contribution is -2.33. The van der Waals surface area contributed by atoms with Gasteiger partial charge in [0.1, 0.15) is 17.5 Å². The lowest BCUT2D eigenvalue weighted by atomic mass is 9.82. The van der Waals surface area contributed by atoms with Crippen LogP contribution in [-0.4, -0.2) is 53.6 Å². The molecule has 0 bridgehead atoms. The van der Waals surface area contributed by atoms with E-state index in [2.05, 4.69) is 5.32 Å². The number of thioether (sulfide) groups is 1. The number of aromatic nitrogens is 1. The fraction of sp³-hybridized carbons (Fsp3) is 0.194. The SMILES string of the molecule is CCOC(=O)c1ccc(N2C(=O)C3Sc4c(sc(=O)n4CC(=O)Nc4ccc(S(N)(=O)=O)cc4)[C@@H](c4ccccc4O)C3C2=O)cc1. The number of esters is 1. The van der Waals surface area contributed by atoms with Crippen LogP contribution in [0.3, 0.4) is 0 Å². The van der Waals surface area contributed by atoms with E-state index in [0.29, 0.717) is 15.5 Å². The molecule has 3 amide bonds. The molecule has 3 heterocycles. The van der Waals surface area contributed by atoms with Gasteiger partial charge in [-0.3, -0.25) is 23.7 Å². The summed E-state index contributed by atoms with van der Waals surface area (Å²) >= 11 is 1.82. The lowest BCUT2D eigenvalue weighted by molar-refractivity contribution is -0.122. The van der Waals surface area contributed by atoms with Crippen LogP contribution in [0.15, 0.2) is 87.5 Å². The van der Waals surface area contributed by atoms with Crippen LogP contribution in [0.4, 0.5) is 11.4 Å². The molecule has 16 heteroatoms. The van der Waals surface area contributed by atoms with Crippen LogP contribution >= 0.6 is 23.1 Å². The predicted octanol–water partition coefficient (Wildman–Crippen LogP) is 2.87. The van der Waals surface area contributed by atoms with E-state index in [1.165, 1.54) is 59.2 Å². The normalized spacial score (nSPS) is 18.9. The Labute approximate surface area is 276 Å². The summed E-state index contributed by atoms with van der Waals surface area (Å²) in [6, 6.07) is 17.4. The number of nitrogens with one attached hydrogen (secondary N) is 1. The zero-order valence-electron chi connectivity index (χ0n) is 24.5. The summed E-state index contributed by atoms with van der Waals surface area (Å²) < 4.78 is 29.3. The quantitative estimate of drug-likeness (QED) is 0.182. The van der Waals surface area contributed by atoms with E-state index in [0.717, 1.165) is 28.0 Å². The van der Waals surface area contributed by atoms with Crippen LogP contribution < -0.4 is 20.2 Å². The molecule has 1 saturated heterocycles. The van der Waals surface area contributed by atoms with E-state index < -0.39 is 62.2 Å². The summed E-state index contributed by atoms with van der Waals surface area (Å²) in [5.41, 5.74) is 1.10. The Morgan fingerprint density at radius 3 is 2.30 bits per heavy atom. The molecule has 1 aromatic heterocycles. The summed E-state index contributed by atoms with van der Waals surface area (Å²) in [6.07, 6.45) is 0. The minimum Gasteiger partial charge on any atom is -0.508 e. The molecule has 2 aliphatic rings. The van der Waals surface area contributed by atoms with Gasteiger partial charge >= 0.3 is 10.8 Å². The van der Waals surface area contributed by atoms with E-state index in [4.69, 9.17) is 9.88 Å². The van der Waals surface area contributed by atoms with Crippen molar-refractivity contribution in [2.45, 2.75) is 34.6 Å². The highest BCUT2D eigenvalue weighted by atomic mass is 32.2. The first-order valence-corrected chi connectivity index (χ1v) is 17.4.